The van der Waals surface area contributed by atoms with Gasteiger partial charge >= 0.3 is 13.3 Å². The van der Waals surface area contributed by atoms with E-state index >= 15 is 0 Å². The molecule has 0 aliphatic heterocycles. The first-order valence-electron chi connectivity index (χ1n) is 12.8. The van der Waals surface area contributed by atoms with Gasteiger partial charge in [-0.3, -0.25) is 13.9 Å². The fourth-order valence-corrected chi connectivity index (χ4v) is 6.23. The number of nitrogens with zero attached hydrogens (tertiary/aromatic N) is 2. The monoisotopic (exact) mass is 512 g/mol. The molecule has 0 aliphatic rings. The van der Waals surface area contributed by atoms with E-state index in [9.17, 15) is 14.2 Å². The van der Waals surface area contributed by atoms with E-state index in [0.29, 0.717) is 29.7 Å². The van der Waals surface area contributed by atoms with Crippen molar-refractivity contribution in [2.75, 3.05) is 13.2 Å². The predicted molar refractivity (Wildman–Crippen MR) is 145 cm³/mol. The SMILES string of the molecule is CCCCOP(=O)(OCCCC)C(CCC)n1cc(-c2ccccc2)c(=O)n(-c2ccccc2)c1=O. The lowest BCUT2D eigenvalue weighted by atomic mass is 10.1. The summed E-state index contributed by atoms with van der Waals surface area (Å²) in [5.41, 5.74) is 0.460. The Morgan fingerprint density at radius 2 is 1.36 bits per heavy atom. The van der Waals surface area contributed by atoms with E-state index < -0.39 is 24.6 Å². The maximum absolute atomic E-state index is 14.3. The van der Waals surface area contributed by atoms with Gasteiger partial charge in [0.05, 0.1) is 24.5 Å². The van der Waals surface area contributed by atoms with E-state index in [1.165, 1.54) is 10.8 Å². The smallest absolute Gasteiger partial charge is 0.307 e. The topological polar surface area (TPSA) is 79.5 Å². The van der Waals surface area contributed by atoms with Crippen LogP contribution in [0.1, 0.15) is 65.1 Å². The Morgan fingerprint density at radius 1 is 0.806 bits per heavy atom. The number of rotatable bonds is 14. The molecule has 1 unspecified atom stereocenters. The molecule has 0 N–H and O–H groups in total. The molecule has 0 bridgehead atoms. The number of para-hydroxylation sites is 1. The Bertz CT molecular complexity index is 1240. The molecule has 7 nitrogen and oxygen atoms in total. The molecular weight excluding hydrogens is 475 g/mol. The molecule has 8 heteroatoms. The van der Waals surface area contributed by atoms with E-state index in [-0.39, 0.29) is 13.2 Å². The summed E-state index contributed by atoms with van der Waals surface area (Å²) in [6.07, 6.45) is 5.80. The summed E-state index contributed by atoms with van der Waals surface area (Å²) < 4.78 is 28.7. The largest absolute Gasteiger partial charge is 0.353 e. The Labute approximate surface area is 213 Å². The van der Waals surface area contributed by atoms with Crippen LogP contribution in [0.3, 0.4) is 0 Å². The van der Waals surface area contributed by atoms with Gasteiger partial charge in [-0.25, -0.2) is 9.36 Å². The summed E-state index contributed by atoms with van der Waals surface area (Å²) in [6, 6.07) is 18.0. The highest BCUT2D eigenvalue weighted by Gasteiger charge is 2.38. The standard InChI is InChI=1S/C28H37N2O5P/c1-4-7-20-34-36(33,35-21-8-5-2)26(15-6-3)29-22-25(23-16-11-9-12-17-23)27(31)30(28(29)32)24-18-13-10-14-19-24/h9-14,16-19,22,26H,4-8,15,20-21H2,1-3H3. The first kappa shape index (κ1) is 27.9. The first-order valence-corrected chi connectivity index (χ1v) is 14.5. The molecule has 1 heterocycles. The predicted octanol–water partition coefficient (Wildman–Crippen LogP) is 6.79. The summed E-state index contributed by atoms with van der Waals surface area (Å²) in [5, 5.41) is 0. The van der Waals surface area contributed by atoms with Crippen LogP contribution in [-0.4, -0.2) is 22.3 Å². The van der Waals surface area contributed by atoms with E-state index in [2.05, 4.69) is 0 Å². The molecule has 1 atom stereocenters. The summed E-state index contributed by atoms with van der Waals surface area (Å²) in [5.74, 6) is -0.860. The van der Waals surface area contributed by atoms with Gasteiger partial charge < -0.3 is 9.05 Å². The van der Waals surface area contributed by atoms with Crippen molar-refractivity contribution in [2.24, 2.45) is 0 Å². The lowest BCUT2D eigenvalue weighted by Gasteiger charge is -2.29. The minimum atomic E-state index is -3.74. The second kappa shape index (κ2) is 13.5. The van der Waals surface area contributed by atoms with E-state index in [1.54, 1.807) is 24.3 Å². The van der Waals surface area contributed by atoms with Gasteiger partial charge in [-0.1, -0.05) is 88.6 Å². The van der Waals surface area contributed by atoms with Crippen molar-refractivity contribution in [1.82, 2.24) is 9.13 Å². The molecule has 3 aromatic rings. The molecule has 36 heavy (non-hydrogen) atoms. The second-order valence-corrected chi connectivity index (χ2v) is 10.9. The molecule has 3 rings (SSSR count). The molecule has 0 amide bonds. The van der Waals surface area contributed by atoms with Crippen molar-refractivity contribution in [3.8, 4) is 16.8 Å². The van der Waals surface area contributed by atoms with Crippen LogP contribution in [0.15, 0.2) is 76.4 Å². The van der Waals surface area contributed by atoms with Crippen LogP contribution in [0, 0.1) is 0 Å². The van der Waals surface area contributed by atoms with Crippen molar-refractivity contribution in [3.63, 3.8) is 0 Å². The van der Waals surface area contributed by atoms with Crippen molar-refractivity contribution in [2.45, 2.75) is 65.1 Å². The molecule has 194 valence electrons. The molecule has 0 radical (unpaired) electrons. The fourth-order valence-electron chi connectivity index (χ4n) is 4.00. The molecule has 0 aliphatic carbocycles. The summed E-state index contributed by atoms with van der Waals surface area (Å²) in [6.45, 7) is 6.58. The number of benzene rings is 2. The Kier molecular flexibility index (Phi) is 10.5. The maximum atomic E-state index is 14.3. The highest BCUT2D eigenvalue weighted by molar-refractivity contribution is 7.53. The Balaban J connectivity index is 2.27. The molecule has 0 saturated carbocycles. The zero-order valence-corrected chi connectivity index (χ0v) is 22.4. The average Bonchev–Trinajstić information content (AvgIpc) is 2.89. The molecule has 0 spiro atoms. The maximum Gasteiger partial charge on any atom is 0.353 e. The van der Waals surface area contributed by atoms with Crippen molar-refractivity contribution >= 4 is 7.60 Å². The Hall–Kier alpha value is -2.73. The van der Waals surface area contributed by atoms with Gasteiger partial charge in [-0.15, -0.1) is 0 Å². The van der Waals surface area contributed by atoms with Gasteiger partial charge in [0.25, 0.3) is 5.56 Å². The molecule has 0 fully saturated rings. The second-order valence-electron chi connectivity index (χ2n) is 8.76. The van der Waals surface area contributed by atoms with E-state index in [1.807, 2.05) is 57.2 Å². The average molecular weight is 513 g/mol. The van der Waals surface area contributed by atoms with Crippen LogP contribution in [0.4, 0.5) is 0 Å². The van der Waals surface area contributed by atoms with Gasteiger partial charge in [0.15, 0.2) is 0 Å². The molecule has 0 saturated heterocycles. The van der Waals surface area contributed by atoms with Crippen LogP contribution in [0.25, 0.3) is 16.8 Å². The highest BCUT2D eigenvalue weighted by atomic mass is 31.2. The third-order valence-corrected chi connectivity index (χ3v) is 8.31. The quantitative estimate of drug-likeness (QED) is 0.175. The molecular formula is C28H37N2O5P. The molecule has 2 aromatic carbocycles. The molecule has 1 aromatic heterocycles. The van der Waals surface area contributed by atoms with Gasteiger partial charge in [-0.05, 0) is 37.0 Å². The zero-order chi connectivity index (χ0) is 26.0. The lowest BCUT2D eigenvalue weighted by molar-refractivity contribution is 0.182. The van der Waals surface area contributed by atoms with Crippen LogP contribution in [0.5, 0.6) is 0 Å². The van der Waals surface area contributed by atoms with Crippen LogP contribution < -0.4 is 11.2 Å². The first-order chi connectivity index (χ1) is 17.5. The number of hydrogen-bond donors (Lipinski definition) is 0. The van der Waals surface area contributed by atoms with Crippen molar-refractivity contribution in [3.05, 3.63) is 87.7 Å². The zero-order valence-electron chi connectivity index (χ0n) is 21.5. The summed E-state index contributed by atoms with van der Waals surface area (Å²) in [4.78, 5) is 27.5. The third-order valence-electron chi connectivity index (χ3n) is 5.98. The van der Waals surface area contributed by atoms with E-state index in [4.69, 9.17) is 9.05 Å². The third kappa shape index (κ3) is 6.52. The van der Waals surface area contributed by atoms with Crippen molar-refractivity contribution < 1.29 is 13.6 Å². The minimum absolute atomic E-state index is 0.277. The van der Waals surface area contributed by atoms with Crippen LogP contribution in [0.2, 0.25) is 0 Å². The summed E-state index contributed by atoms with van der Waals surface area (Å²) >= 11 is 0. The highest BCUT2D eigenvalue weighted by Crippen LogP contribution is 2.60. The van der Waals surface area contributed by atoms with E-state index in [0.717, 1.165) is 30.3 Å². The lowest BCUT2D eigenvalue weighted by Crippen LogP contribution is -2.41. The van der Waals surface area contributed by atoms with Crippen LogP contribution in [-0.2, 0) is 13.6 Å². The summed E-state index contributed by atoms with van der Waals surface area (Å²) in [7, 11) is -3.74. The van der Waals surface area contributed by atoms with Gasteiger partial charge in [0, 0.05) is 6.20 Å². The number of aromatic nitrogens is 2. The minimum Gasteiger partial charge on any atom is -0.307 e. The van der Waals surface area contributed by atoms with Crippen LogP contribution >= 0.6 is 7.60 Å². The normalized spacial score (nSPS) is 12.5. The van der Waals surface area contributed by atoms with Gasteiger partial charge in [0.1, 0.15) is 5.78 Å². The fraction of sp³-hybridized carbons (Fsp3) is 0.429. The number of hydrogen-bond acceptors (Lipinski definition) is 5. The van der Waals surface area contributed by atoms with Crippen molar-refractivity contribution in [1.29, 1.82) is 0 Å². The Morgan fingerprint density at radius 3 is 1.89 bits per heavy atom. The van der Waals surface area contributed by atoms with Gasteiger partial charge in [0.2, 0.25) is 0 Å². The number of unbranched alkanes of at least 4 members (excludes halogenated alkanes) is 2. The van der Waals surface area contributed by atoms with Gasteiger partial charge in [-0.2, -0.15) is 0 Å².